The molecule has 0 radical (unpaired) electrons. The van der Waals surface area contributed by atoms with E-state index in [0.29, 0.717) is 28.8 Å². The number of aryl methyl sites for hydroxylation is 1. The van der Waals surface area contributed by atoms with Gasteiger partial charge in [-0.3, -0.25) is 4.79 Å². The fourth-order valence-corrected chi connectivity index (χ4v) is 2.24. The van der Waals surface area contributed by atoms with E-state index in [0.717, 1.165) is 11.3 Å². The van der Waals surface area contributed by atoms with Crippen molar-refractivity contribution >= 4 is 29.1 Å². The number of ether oxygens (including phenoxy) is 1. The standard InChI is InChI=1S/C17H17Cl2NO2/c1-11-4-3-5-16(12(11)2)22-9-8-20-17(21)13-6-7-14(18)15(19)10-13/h3-7,10H,8-9H2,1-2H3,(H,20,21). The summed E-state index contributed by atoms with van der Waals surface area (Å²) in [5.74, 6) is 0.631. The van der Waals surface area contributed by atoms with Gasteiger partial charge in [0.15, 0.2) is 0 Å². The molecule has 0 fully saturated rings. The second kappa shape index (κ2) is 7.52. The summed E-state index contributed by atoms with van der Waals surface area (Å²) in [6, 6.07) is 10.7. The lowest BCUT2D eigenvalue weighted by atomic mass is 10.1. The van der Waals surface area contributed by atoms with Gasteiger partial charge >= 0.3 is 0 Å². The predicted octanol–water partition coefficient (Wildman–Crippen LogP) is 4.42. The number of amides is 1. The summed E-state index contributed by atoms with van der Waals surface area (Å²) in [7, 11) is 0. The summed E-state index contributed by atoms with van der Waals surface area (Å²) < 4.78 is 5.68. The molecule has 1 amide bonds. The Balaban J connectivity index is 1.84. The van der Waals surface area contributed by atoms with Crippen LogP contribution < -0.4 is 10.1 Å². The number of carbonyl (C=O) groups excluding carboxylic acids is 1. The number of rotatable bonds is 5. The molecule has 1 N–H and O–H groups in total. The largest absolute Gasteiger partial charge is 0.491 e. The Labute approximate surface area is 140 Å². The van der Waals surface area contributed by atoms with Crippen LogP contribution in [0.4, 0.5) is 0 Å². The molecule has 22 heavy (non-hydrogen) atoms. The second-order valence-corrected chi connectivity index (χ2v) is 5.75. The van der Waals surface area contributed by atoms with Crippen LogP contribution in [0.5, 0.6) is 5.75 Å². The molecule has 0 bridgehead atoms. The van der Waals surface area contributed by atoms with Gasteiger partial charge in [0.2, 0.25) is 0 Å². The Morgan fingerprint density at radius 3 is 2.64 bits per heavy atom. The highest BCUT2D eigenvalue weighted by atomic mass is 35.5. The first kappa shape index (κ1) is 16.7. The quantitative estimate of drug-likeness (QED) is 0.820. The molecule has 0 aliphatic carbocycles. The summed E-state index contributed by atoms with van der Waals surface area (Å²) in [4.78, 5) is 12.0. The molecule has 0 heterocycles. The molecule has 2 aromatic carbocycles. The van der Waals surface area contributed by atoms with E-state index in [4.69, 9.17) is 27.9 Å². The van der Waals surface area contributed by atoms with Crippen molar-refractivity contribution in [2.45, 2.75) is 13.8 Å². The van der Waals surface area contributed by atoms with Crippen LogP contribution in [0.1, 0.15) is 21.5 Å². The Morgan fingerprint density at radius 1 is 1.14 bits per heavy atom. The zero-order valence-electron chi connectivity index (χ0n) is 12.5. The molecule has 0 saturated heterocycles. The first-order valence-electron chi connectivity index (χ1n) is 6.91. The van der Waals surface area contributed by atoms with Gasteiger partial charge in [0, 0.05) is 5.56 Å². The molecule has 0 atom stereocenters. The van der Waals surface area contributed by atoms with E-state index in [1.807, 2.05) is 32.0 Å². The average Bonchev–Trinajstić information content (AvgIpc) is 2.50. The highest BCUT2D eigenvalue weighted by molar-refractivity contribution is 6.42. The van der Waals surface area contributed by atoms with Crippen LogP contribution in [0.15, 0.2) is 36.4 Å². The Bertz CT molecular complexity index is 686. The van der Waals surface area contributed by atoms with E-state index < -0.39 is 0 Å². The van der Waals surface area contributed by atoms with Crippen LogP contribution in [0, 0.1) is 13.8 Å². The summed E-state index contributed by atoms with van der Waals surface area (Å²) >= 11 is 11.7. The minimum absolute atomic E-state index is 0.205. The fraction of sp³-hybridized carbons (Fsp3) is 0.235. The topological polar surface area (TPSA) is 38.3 Å². The average molecular weight is 338 g/mol. The van der Waals surface area contributed by atoms with E-state index in [-0.39, 0.29) is 5.91 Å². The minimum Gasteiger partial charge on any atom is -0.491 e. The van der Waals surface area contributed by atoms with Crippen LogP contribution in [-0.2, 0) is 0 Å². The van der Waals surface area contributed by atoms with Gasteiger partial charge in [-0.15, -0.1) is 0 Å². The van der Waals surface area contributed by atoms with Crippen molar-refractivity contribution in [3.8, 4) is 5.75 Å². The second-order valence-electron chi connectivity index (χ2n) is 4.93. The number of halogens is 2. The van der Waals surface area contributed by atoms with Gasteiger partial charge in [-0.05, 0) is 49.2 Å². The van der Waals surface area contributed by atoms with E-state index in [2.05, 4.69) is 5.32 Å². The molecule has 0 aromatic heterocycles. The van der Waals surface area contributed by atoms with E-state index >= 15 is 0 Å². The van der Waals surface area contributed by atoms with Crippen molar-refractivity contribution in [2.24, 2.45) is 0 Å². The van der Waals surface area contributed by atoms with Gasteiger partial charge in [0.1, 0.15) is 12.4 Å². The van der Waals surface area contributed by atoms with Gasteiger partial charge in [0.05, 0.1) is 16.6 Å². The maximum atomic E-state index is 12.0. The molecule has 5 heteroatoms. The van der Waals surface area contributed by atoms with Gasteiger partial charge in [-0.1, -0.05) is 35.3 Å². The minimum atomic E-state index is -0.205. The molecule has 0 saturated carbocycles. The molecule has 0 unspecified atom stereocenters. The van der Waals surface area contributed by atoms with Gasteiger partial charge in [-0.25, -0.2) is 0 Å². The zero-order valence-corrected chi connectivity index (χ0v) is 14.0. The van der Waals surface area contributed by atoms with Crippen LogP contribution in [-0.4, -0.2) is 19.1 Å². The highest BCUT2D eigenvalue weighted by Crippen LogP contribution is 2.22. The zero-order chi connectivity index (χ0) is 16.1. The van der Waals surface area contributed by atoms with Gasteiger partial charge in [-0.2, -0.15) is 0 Å². The van der Waals surface area contributed by atoms with Crippen molar-refractivity contribution in [2.75, 3.05) is 13.2 Å². The first-order chi connectivity index (χ1) is 10.5. The third-order valence-corrected chi connectivity index (χ3v) is 4.12. The van der Waals surface area contributed by atoms with Crippen molar-refractivity contribution in [1.29, 1.82) is 0 Å². The SMILES string of the molecule is Cc1cccc(OCCNC(=O)c2ccc(Cl)c(Cl)c2)c1C. The van der Waals surface area contributed by atoms with Crippen LogP contribution in [0.2, 0.25) is 10.0 Å². The van der Waals surface area contributed by atoms with Crippen LogP contribution in [0.25, 0.3) is 0 Å². The highest BCUT2D eigenvalue weighted by Gasteiger charge is 2.08. The Kier molecular flexibility index (Phi) is 5.69. The Morgan fingerprint density at radius 2 is 1.91 bits per heavy atom. The summed E-state index contributed by atoms with van der Waals surface area (Å²) in [6.45, 7) is 4.86. The first-order valence-corrected chi connectivity index (χ1v) is 7.67. The third-order valence-electron chi connectivity index (χ3n) is 3.38. The summed E-state index contributed by atoms with van der Waals surface area (Å²) in [6.07, 6.45) is 0. The van der Waals surface area contributed by atoms with Crippen molar-refractivity contribution < 1.29 is 9.53 Å². The number of hydrogen-bond acceptors (Lipinski definition) is 2. The predicted molar refractivity (Wildman–Crippen MR) is 90.2 cm³/mol. The van der Waals surface area contributed by atoms with Crippen LogP contribution in [0.3, 0.4) is 0 Å². The molecule has 3 nitrogen and oxygen atoms in total. The molecular formula is C17H17Cl2NO2. The maximum absolute atomic E-state index is 12.0. The molecular weight excluding hydrogens is 321 g/mol. The lowest BCUT2D eigenvalue weighted by molar-refractivity contribution is 0.0947. The molecule has 0 spiro atoms. The fourth-order valence-electron chi connectivity index (χ4n) is 1.95. The molecule has 0 aliphatic heterocycles. The smallest absolute Gasteiger partial charge is 0.251 e. The lowest BCUT2D eigenvalue weighted by Crippen LogP contribution is -2.28. The van der Waals surface area contributed by atoms with E-state index in [1.165, 1.54) is 5.56 Å². The number of nitrogens with one attached hydrogen (secondary N) is 1. The van der Waals surface area contributed by atoms with Gasteiger partial charge in [0.25, 0.3) is 5.91 Å². The number of hydrogen-bond donors (Lipinski definition) is 1. The van der Waals surface area contributed by atoms with Crippen molar-refractivity contribution in [3.63, 3.8) is 0 Å². The molecule has 0 aliphatic rings. The lowest BCUT2D eigenvalue weighted by Gasteiger charge is -2.11. The summed E-state index contributed by atoms with van der Waals surface area (Å²) in [5.41, 5.74) is 2.76. The molecule has 2 rings (SSSR count). The molecule has 116 valence electrons. The monoisotopic (exact) mass is 337 g/mol. The van der Waals surface area contributed by atoms with Crippen LogP contribution >= 0.6 is 23.2 Å². The van der Waals surface area contributed by atoms with Gasteiger partial charge < -0.3 is 10.1 Å². The van der Waals surface area contributed by atoms with E-state index in [9.17, 15) is 4.79 Å². The Hall–Kier alpha value is -1.71. The normalized spacial score (nSPS) is 10.4. The third kappa shape index (κ3) is 4.15. The van der Waals surface area contributed by atoms with Crippen molar-refractivity contribution in [1.82, 2.24) is 5.32 Å². The summed E-state index contributed by atoms with van der Waals surface area (Å²) in [5, 5.41) is 3.57. The van der Waals surface area contributed by atoms with E-state index in [1.54, 1.807) is 18.2 Å². The maximum Gasteiger partial charge on any atom is 0.251 e. The van der Waals surface area contributed by atoms with Crippen molar-refractivity contribution in [3.05, 3.63) is 63.1 Å². The number of benzene rings is 2. The number of carbonyl (C=O) groups is 1. The molecule has 2 aromatic rings.